The molecule has 1 saturated heterocycles. The van der Waals surface area contributed by atoms with Crippen LogP contribution in [0.4, 0.5) is 0 Å². The van der Waals surface area contributed by atoms with Crippen molar-refractivity contribution >= 4 is 5.91 Å². The fourth-order valence-corrected chi connectivity index (χ4v) is 2.53. The van der Waals surface area contributed by atoms with Crippen molar-refractivity contribution in [1.29, 1.82) is 0 Å². The molecular weight excluding hydrogens is 270 g/mol. The lowest BCUT2D eigenvalue weighted by atomic mass is 10.1. The Balaban J connectivity index is 1.94. The Morgan fingerprint density at radius 2 is 2.29 bits per heavy atom. The van der Waals surface area contributed by atoms with E-state index in [1.807, 2.05) is 31.2 Å². The third-order valence-electron chi connectivity index (χ3n) is 3.64. The first-order valence-corrected chi connectivity index (χ1v) is 7.45. The van der Waals surface area contributed by atoms with E-state index in [0.29, 0.717) is 39.2 Å². The second kappa shape index (κ2) is 8.00. The minimum Gasteiger partial charge on any atom is -0.494 e. The number of aryl methyl sites for hydroxylation is 1. The average Bonchev–Trinajstić information content (AvgIpc) is 2.54. The zero-order valence-corrected chi connectivity index (χ0v) is 12.5. The molecule has 116 valence electrons. The number of carbonyl (C=O) groups is 1. The average molecular weight is 293 g/mol. The van der Waals surface area contributed by atoms with Crippen LogP contribution < -0.4 is 4.74 Å². The minimum absolute atomic E-state index is 0.0543. The SMILES string of the molecule is CCOc1ccccc1CCC(=O)N1CCOCC1CO. The number of rotatable bonds is 6. The molecule has 0 spiro atoms. The van der Waals surface area contributed by atoms with Crippen molar-refractivity contribution < 1.29 is 19.4 Å². The van der Waals surface area contributed by atoms with Crippen molar-refractivity contribution in [3.8, 4) is 5.75 Å². The van der Waals surface area contributed by atoms with Crippen LogP contribution in [0.2, 0.25) is 0 Å². The Morgan fingerprint density at radius 3 is 3.05 bits per heavy atom. The summed E-state index contributed by atoms with van der Waals surface area (Å²) in [5.74, 6) is 0.900. The van der Waals surface area contributed by atoms with E-state index in [2.05, 4.69) is 0 Å². The normalized spacial score (nSPS) is 18.6. The summed E-state index contributed by atoms with van der Waals surface area (Å²) in [6.45, 7) is 4.01. The first-order chi connectivity index (χ1) is 10.3. The number of amides is 1. The number of benzene rings is 1. The number of morpholine rings is 1. The molecule has 0 radical (unpaired) electrons. The molecule has 5 nitrogen and oxygen atoms in total. The smallest absolute Gasteiger partial charge is 0.223 e. The van der Waals surface area contributed by atoms with E-state index in [9.17, 15) is 9.90 Å². The van der Waals surface area contributed by atoms with Gasteiger partial charge in [-0.05, 0) is 25.0 Å². The molecule has 5 heteroatoms. The fraction of sp³-hybridized carbons (Fsp3) is 0.562. The van der Waals surface area contributed by atoms with Gasteiger partial charge in [0.2, 0.25) is 5.91 Å². The minimum atomic E-state index is -0.214. The number of nitrogens with zero attached hydrogens (tertiary/aromatic N) is 1. The van der Waals surface area contributed by atoms with Crippen molar-refractivity contribution in [1.82, 2.24) is 4.90 Å². The molecule has 1 amide bonds. The molecule has 1 heterocycles. The van der Waals surface area contributed by atoms with Crippen LogP contribution in [0.5, 0.6) is 5.75 Å². The predicted octanol–water partition coefficient (Wildman–Crippen LogP) is 1.24. The maximum atomic E-state index is 12.3. The maximum absolute atomic E-state index is 12.3. The summed E-state index contributed by atoms with van der Waals surface area (Å²) in [6, 6.07) is 7.58. The Hall–Kier alpha value is -1.59. The first kappa shape index (κ1) is 15.8. The lowest BCUT2D eigenvalue weighted by Gasteiger charge is -2.34. The Bertz CT molecular complexity index is 463. The third kappa shape index (κ3) is 4.19. The molecule has 1 fully saturated rings. The van der Waals surface area contributed by atoms with Crippen LogP contribution in [-0.4, -0.2) is 54.9 Å². The number of aliphatic hydroxyl groups excluding tert-OH is 1. The van der Waals surface area contributed by atoms with Crippen LogP contribution >= 0.6 is 0 Å². The molecule has 0 saturated carbocycles. The second-order valence-electron chi connectivity index (χ2n) is 5.04. The van der Waals surface area contributed by atoms with E-state index >= 15 is 0 Å². The zero-order chi connectivity index (χ0) is 15.1. The van der Waals surface area contributed by atoms with Crippen molar-refractivity contribution in [2.75, 3.05) is 33.0 Å². The molecule has 1 N–H and O–H groups in total. The van der Waals surface area contributed by atoms with Gasteiger partial charge in [-0.1, -0.05) is 18.2 Å². The van der Waals surface area contributed by atoms with Gasteiger partial charge in [-0.25, -0.2) is 0 Å². The Kier molecular flexibility index (Phi) is 6.02. The summed E-state index contributed by atoms with van der Waals surface area (Å²) in [4.78, 5) is 14.1. The highest BCUT2D eigenvalue weighted by atomic mass is 16.5. The predicted molar refractivity (Wildman–Crippen MR) is 79.3 cm³/mol. The maximum Gasteiger partial charge on any atom is 0.223 e. The van der Waals surface area contributed by atoms with E-state index < -0.39 is 0 Å². The van der Waals surface area contributed by atoms with Crippen molar-refractivity contribution in [2.24, 2.45) is 0 Å². The van der Waals surface area contributed by atoms with Crippen molar-refractivity contribution in [3.63, 3.8) is 0 Å². The molecular formula is C16H23NO4. The fourth-order valence-electron chi connectivity index (χ4n) is 2.53. The number of aliphatic hydroxyl groups is 1. The highest BCUT2D eigenvalue weighted by molar-refractivity contribution is 5.77. The molecule has 1 aromatic rings. The standard InChI is InChI=1S/C16H23NO4/c1-2-21-15-6-4-3-5-13(15)7-8-16(19)17-9-10-20-12-14(17)11-18/h3-6,14,18H,2,7-12H2,1H3. The van der Waals surface area contributed by atoms with Crippen molar-refractivity contribution in [3.05, 3.63) is 29.8 Å². The van der Waals surface area contributed by atoms with Gasteiger partial charge in [-0.15, -0.1) is 0 Å². The number of hydrogen-bond acceptors (Lipinski definition) is 4. The van der Waals surface area contributed by atoms with Crippen LogP contribution in [0.3, 0.4) is 0 Å². The van der Waals surface area contributed by atoms with Gasteiger partial charge >= 0.3 is 0 Å². The lowest BCUT2D eigenvalue weighted by Crippen LogP contribution is -2.50. The molecule has 21 heavy (non-hydrogen) atoms. The lowest BCUT2D eigenvalue weighted by molar-refractivity contribution is -0.141. The van der Waals surface area contributed by atoms with E-state index in [1.54, 1.807) is 4.90 Å². The van der Waals surface area contributed by atoms with Gasteiger partial charge < -0.3 is 19.5 Å². The largest absolute Gasteiger partial charge is 0.494 e. The monoisotopic (exact) mass is 293 g/mol. The highest BCUT2D eigenvalue weighted by Crippen LogP contribution is 2.20. The summed E-state index contributed by atoms with van der Waals surface area (Å²) in [7, 11) is 0. The third-order valence-corrected chi connectivity index (χ3v) is 3.64. The zero-order valence-electron chi connectivity index (χ0n) is 12.5. The van der Waals surface area contributed by atoms with Crippen LogP contribution in [0, 0.1) is 0 Å². The summed E-state index contributed by atoms with van der Waals surface area (Å²) in [5.41, 5.74) is 1.04. The van der Waals surface area contributed by atoms with Gasteiger partial charge in [0.05, 0.1) is 32.5 Å². The molecule has 1 aromatic carbocycles. The van der Waals surface area contributed by atoms with Crippen molar-refractivity contribution in [2.45, 2.75) is 25.8 Å². The topological polar surface area (TPSA) is 59.0 Å². The quantitative estimate of drug-likeness (QED) is 0.857. The molecule has 1 atom stereocenters. The Labute approximate surface area is 125 Å². The molecule has 0 bridgehead atoms. The van der Waals surface area contributed by atoms with E-state index in [1.165, 1.54) is 0 Å². The van der Waals surface area contributed by atoms with Gasteiger partial charge in [0.15, 0.2) is 0 Å². The van der Waals surface area contributed by atoms with Crippen LogP contribution in [0.1, 0.15) is 18.9 Å². The van der Waals surface area contributed by atoms with Crippen LogP contribution in [0.15, 0.2) is 24.3 Å². The van der Waals surface area contributed by atoms with E-state index in [4.69, 9.17) is 9.47 Å². The molecule has 2 rings (SSSR count). The summed E-state index contributed by atoms with van der Waals surface area (Å²) in [5, 5.41) is 9.32. The van der Waals surface area contributed by atoms with Crippen LogP contribution in [0.25, 0.3) is 0 Å². The summed E-state index contributed by atoms with van der Waals surface area (Å²) >= 11 is 0. The molecule has 0 aliphatic carbocycles. The summed E-state index contributed by atoms with van der Waals surface area (Å²) in [6.07, 6.45) is 1.06. The number of para-hydroxylation sites is 1. The Morgan fingerprint density at radius 1 is 1.48 bits per heavy atom. The summed E-state index contributed by atoms with van der Waals surface area (Å²) < 4.78 is 10.9. The molecule has 1 aliphatic rings. The molecule has 0 aromatic heterocycles. The highest BCUT2D eigenvalue weighted by Gasteiger charge is 2.26. The molecule has 1 unspecified atom stereocenters. The van der Waals surface area contributed by atoms with Gasteiger partial charge in [0, 0.05) is 13.0 Å². The van der Waals surface area contributed by atoms with Gasteiger partial charge in [-0.3, -0.25) is 4.79 Å². The first-order valence-electron chi connectivity index (χ1n) is 7.45. The van der Waals surface area contributed by atoms with E-state index in [-0.39, 0.29) is 18.6 Å². The van der Waals surface area contributed by atoms with Gasteiger partial charge in [-0.2, -0.15) is 0 Å². The second-order valence-corrected chi connectivity index (χ2v) is 5.04. The van der Waals surface area contributed by atoms with Crippen LogP contribution in [-0.2, 0) is 16.0 Å². The van der Waals surface area contributed by atoms with Gasteiger partial charge in [0.1, 0.15) is 5.75 Å². The molecule has 1 aliphatic heterocycles. The number of ether oxygens (including phenoxy) is 2. The number of hydrogen-bond donors (Lipinski definition) is 1. The number of carbonyl (C=O) groups excluding carboxylic acids is 1. The van der Waals surface area contributed by atoms with E-state index in [0.717, 1.165) is 11.3 Å². The van der Waals surface area contributed by atoms with Gasteiger partial charge in [0.25, 0.3) is 0 Å².